The van der Waals surface area contributed by atoms with Gasteiger partial charge in [0.05, 0.1) is 13.2 Å². The van der Waals surface area contributed by atoms with Crippen LogP contribution in [0.2, 0.25) is 0 Å². The number of carbonyl (C=O) groups is 2. The lowest BCUT2D eigenvalue weighted by Gasteiger charge is -2.39. The smallest absolute Gasteiger partial charge is 0.306 e. The van der Waals surface area contributed by atoms with Crippen LogP contribution < -0.4 is 0 Å². The van der Waals surface area contributed by atoms with E-state index in [1.54, 1.807) is 0 Å². The zero-order valence-corrected chi connectivity index (χ0v) is 18.5. The minimum atomic E-state index is -1.58. The molecule has 1 rings (SSSR count). The summed E-state index contributed by atoms with van der Waals surface area (Å²) in [5.41, 5.74) is 0. The maximum atomic E-state index is 12.1. The highest BCUT2D eigenvalue weighted by Crippen LogP contribution is 2.22. The van der Waals surface area contributed by atoms with Crippen LogP contribution in [-0.4, -0.2) is 89.0 Å². The molecule has 0 aromatic heterocycles. The van der Waals surface area contributed by atoms with Gasteiger partial charge in [0.25, 0.3) is 0 Å². The summed E-state index contributed by atoms with van der Waals surface area (Å²) in [6.45, 7) is 2.93. The van der Waals surface area contributed by atoms with Crippen LogP contribution in [0.5, 0.6) is 0 Å². The molecular formula is C21H38O10. The Kier molecular flexibility index (Phi) is 13.9. The number of ether oxygens (including phenoxy) is 4. The lowest BCUT2D eigenvalue weighted by atomic mass is 9.99. The van der Waals surface area contributed by atoms with Gasteiger partial charge in [0.1, 0.15) is 31.0 Å². The molecule has 1 aliphatic rings. The van der Waals surface area contributed by atoms with Crippen molar-refractivity contribution in [1.82, 2.24) is 0 Å². The molecule has 4 N–H and O–H groups in total. The van der Waals surface area contributed by atoms with E-state index in [-0.39, 0.29) is 26.1 Å². The van der Waals surface area contributed by atoms with E-state index >= 15 is 0 Å². The van der Waals surface area contributed by atoms with Gasteiger partial charge in [0.15, 0.2) is 12.4 Å². The Morgan fingerprint density at radius 1 is 0.871 bits per heavy atom. The maximum Gasteiger partial charge on any atom is 0.306 e. The largest absolute Gasteiger partial charge is 0.462 e. The van der Waals surface area contributed by atoms with Gasteiger partial charge in [-0.2, -0.15) is 0 Å². The van der Waals surface area contributed by atoms with Crippen LogP contribution in [0.3, 0.4) is 0 Å². The normalized spacial score (nSPS) is 27.0. The number of carbonyl (C=O) groups excluding carboxylic acids is 2. The molecule has 0 bridgehead atoms. The summed E-state index contributed by atoms with van der Waals surface area (Å²) >= 11 is 0. The van der Waals surface area contributed by atoms with Crippen molar-refractivity contribution < 1.29 is 49.0 Å². The fourth-order valence-electron chi connectivity index (χ4n) is 3.04. The second-order valence-electron chi connectivity index (χ2n) is 7.74. The van der Waals surface area contributed by atoms with Gasteiger partial charge in [0, 0.05) is 12.8 Å². The molecule has 0 aliphatic carbocycles. The van der Waals surface area contributed by atoms with Crippen LogP contribution in [-0.2, 0) is 28.5 Å². The predicted molar refractivity (Wildman–Crippen MR) is 109 cm³/mol. The van der Waals surface area contributed by atoms with E-state index in [0.29, 0.717) is 12.8 Å². The first-order valence-corrected chi connectivity index (χ1v) is 11.1. The fraction of sp³-hybridized carbons (Fsp3) is 0.905. The Bertz CT molecular complexity index is 512. The molecule has 0 unspecified atom stereocenters. The summed E-state index contributed by atoms with van der Waals surface area (Å²) in [5, 5.41) is 39.0. The molecule has 0 radical (unpaired) electrons. The molecule has 0 amide bonds. The van der Waals surface area contributed by atoms with Crippen molar-refractivity contribution in [3.8, 4) is 0 Å². The van der Waals surface area contributed by atoms with Gasteiger partial charge >= 0.3 is 11.9 Å². The molecule has 10 nitrogen and oxygen atoms in total. The van der Waals surface area contributed by atoms with Crippen LogP contribution in [0.4, 0.5) is 0 Å². The lowest BCUT2D eigenvalue weighted by molar-refractivity contribution is -0.305. The highest BCUT2D eigenvalue weighted by Gasteiger charge is 2.44. The molecule has 0 saturated carbocycles. The van der Waals surface area contributed by atoms with Gasteiger partial charge in [-0.15, -0.1) is 0 Å². The van der Waals surface area contributed by atoms with Crippen molar-refractivity contribution in [1.29, 1.82) is 0 Å². The van der Waals surface area contributed by atoms with Crippen molar-refractivity contribution in [2.45, 2.75) is 102 Å². The average molecular weight is 451 g/mol. The number of unbranched alkanes of at least 4 members (excludes halogenated alkanes) is 4. The van der Waals surface area contributed by atoms with Crippen LogP contribution in [0, 0.1) is 0 Å². The molecule has 0 aromatic rings. The van der Waals surface area contributed by atoms with E-state index in [9.17, 15) is 30.0 Å². The Balaban J connectivity index is 2.62. The summed E-state index contributed by atoms with van der Waals surface area (Å²) in [5.74, 6) is -0.873. The average Bonchev–Trinajstić information content (AvgIpc) is 2.76. The molecule has 0 spiro atoms. The minimum absolute atomic E-state index is 0.222. The molecule has 31 heavy (non-hydrogen) atoms. The number of rotatable bonds is 15. The topological polar surface area (TPSA) is 152 Å². The second-order valence-corrected chi connectivity index (χ2v) is 7.74. The zero-order valence-electron chi connectivity index (χ0n) is 18.5. The first-order chi connectivity index (χ1) is 14.8. The predicted octanol–water partition coefficient (Wildman–Crippen LogP) is 0.419. The Morgan fingerprint density at radius 2 is 1.55 bits per heavy atom. The Hall–Kier alpha value is -1.30. The van der Waals surface area contributed by atoms with Crippen molar-refractivity contribution >= 4 is 11.9 Å². The third-order valence-corrected chi connectivity index (χ3v) is 4.99. The summed E-state index contributed by atoms with van der Waals surface area (Å²) in [7, 11) is 0. The number of aliphatic hydroxyl groups is 4. The summed E-state index contributed by atoms with van der Waals surface area (Å²) in [4.78, 5) is 23.9. The van der Waals surface area contributed by atoms with Crippen molar-refractivity contribution in [3.63, 3.8) is 0 Å². The molecule has 1 heterocycles. The molecular weight excluding hydrogens is 412 g/mol. The standard InChI is InChI=1S/C21H38O10/c1-3-5-7-8-10-17(24)30-14(12-28-16(23)9-6-4-2)13-29-21-20(27)19(26)18(25)15(11-22)31-21/h14-15,18-22,25-27H,3-13H2,1-2H3/t14-,15-,18+,19+,20-,21-/m1/s1. The van der Waals surface area contributed by atoms with Crippen LogP contribution >= 0.6 is 0 Å². The van der Waals surface area contributed by atoms with Gasteiger partial charge in [0.2, 0.25) is 0 Å². The van der Waals surface area contributed by atoms with Gasteiger partial charge in [-0.3, -0.25) is 9.59 Å². The molecule has 6 atom stereocenters. The lowest BCUT2D eigenvalue weighted by Crippen LogP contribution is -2.59. The van der Waals surface area contributed by atoms with E-state index in [2.05, 4.69) is 6.92 Å². The zero-order chi connectivity index (χ0) is 23.2. The highest BCUT2D eigenvalue weighted by atomic mass is 16.7. The third kappa shape index (κ3) is 10.2. The summed E-state index contributed by atoms with van der Waals surface area (Å²) in [6, 6.07) is 0. The molecule has 1 fully saturated rings. The molecule has 1 aliphatic heterocycles. The van der Waals surface area contributed by atoms with Gasteiger partial charge < -0.3 is 39.4 Å². The van der Waals surface area contributed by atoms with Crippen molar-refractivity contribution in [2.24, 2.45) is 0 Å². The van der Waals surface area contributed by atoms with E-state index in [4.69, 9.17) is 18.9 Å². The third-order valence-electron chi connectivity index (χ3n) is 4.99. The van der Waals surface area contributed by atoms with E-state index < -0.39 is 55.4 Å². The number of hydrogen-bond donors (Lipinski definition) is 4. The number of aliphatic hydroxyl groups excluding tert-OH is 4. The Morgan fingerprint density at radius 3 is 2.19 bits per heavy atom. The van der Waals surface area contributed by atoms with Gasteiger partial charge in [-0.1, -0.05) is 39.5 Å². The van der Waals surface area contributed by atoms with E-state index in [0.717, 1.165) is 25.7 Å². The van der Waals surface area contributed by atoms with Crippen molar-refractivity contribution in [2.75, 3.05) is 19.8 Å². The van der Waals surface area contributed by atoms with Crippen LogP contribution in [0.15, 0.2) is 0 Å². The number of hydrogen-bond acceptors (Lipinski definition) is 10. The van der Waals surface area contributed by atoms with E-state index in [1.165, 1.54) is 0 Å². The first kappa shape index (κ1) is 27.7. The molecule has 182 valence electrons. The van der Waals surface area contributed by atoms with E-state index in [1.807, 2.05) is 6.92 Å². The molecule has 10 heteroatoms. The monoisotopic (exact) mass is 450 g/mol. The molecule has 0 aromatic carbocycles. The van der Waals surface area contributed by atoms with Crippen LogP contribution in [0.1, 0.15) is 65.2 Å². The first-order valence-electron chi connectivity index (χ1n) is 11.1. The summed E-state index contributed by atoms with van der Waals surface area (Å²) < 4.78 is 21.3. The van der Waals surface area contributed by atoms with Gasteiger partial charge in [-0.05, 0) is 12.8 Å². The highest BCUT2D eigenvalue weighted by molar-refractivity contribution is 5.70. The molecule has 1 saturated heterocycles. The number of esters is 2. The van der Waals surface area contributed by atoms with Crippen molar-refractivity contribution in [3.05, 3.63) is 0 Å². The summed E-state index contributed by atoms with van der Waals surface area (Å²) in [6.07, 6.45) is -2.43. The Labute approximate surface area is 183 Å². The second kappa shape index (κ2) is 15.5. The quantitative estimate of drug-likeness (QED) is 0.204. The maximum absolute atomic E-state index is 12.1. The minimum Gasteiger partial charge on any atom is -0.462 e. The SMILES string of the molecule is CCCCCCC(=O)O[C@H](COC(=O)CCCC)CO[C@@H]1O[C@H](CO)[C@H](O)[C@H](O)[C@H]1O. The van der Waals surface area contributed by atoms with Crippen LogP contribution in [0.25, 0.3) is 0 Å². The fourth-order valence-corrected chi connectivity index (χ4v) is 3.04. The van der Waals surface area contributed by atoms with Gasteiger partial charge in [-0.25, -0.2) is 0 Å².